The number of aromatic nitrogens is 2. The van der Waals surface area contributed by atoms with Crippen LogP contribution in [-0.2, 0) is 6.42 Å². The molecular weight excluding hydrogens is 502 g/mol. The number of rotatable bonds is 3. The molecular formula is C27H19Cl2FN4O2. The van der Waals surface area contributed by atoms with E-state index in [1.54, 1.807) is 23.2 Å². The molecule has 180 valence electrons. The summed E-state index contributed by atoms with van der Waals surface area (Å²) in [4.78, 5) is 36.9. The van der Waals surface area contributed by atoms with Crippen molar-refractivity contribution in [2.24, 2.45) is 0 Å². The lowest BCUT2D eigenvalue weighted by Gasteiger charge is -2.23. The van der Waals surface area contributed by atoms with E-state index in [0.29, 0.717) is 24.5 Å². The molecule has 0 bridgehead atoms. The Morgan fingerprint density at radius 1 is 1.00 bits per heavy atom. The van der Waals surface area contributed by atoms with E-state index in [-0.39, 0.29) is 27.1 Å². The Bertz CT molecular complexity index is 1530. The van der Waals surface area contributed by atoms with E-state index in [1.807, 2.05) is 31.2 Å². The fourth-order valence-corrected chi connectivity index (χ4v) is 4.68. The van der Waals surface area contributed by atoms with Crippen LogP contribution in [0.15, 0.2) is 66.9 Å². The van der Waals surface area contributed by atoms with Crippen LogP contribution < -0.4 is 10.2 Å². The SMILES string of the molecule is Cc1ncc2c(n1)-c1ccccc1N(C(=O)c1ccc(NC(=O)c3ccc(F)cc3Cl)cc1Cl)CC2. The number of hydrogen-bond donors (Lipinski definition) is 1. The molecule has 4 aromatic rings. The van der Waals surface area contributed by atoms with Gasteiger partial charge >= 0.3 is 0 Å². The number of nitrogens with zero attached hydrogens (tertiary/aromatic N) is 3. The first kappa shape index (κ1) is 23.9. The summed E-state index contributed by atoms with van der Waals surface area (Å²) in [5, 5.41) is 2.85. The number of carbonyl (C=O) groups excluding carboxylic acids is 2. The lowest BCUT2D eigenvalue weighted by Crippen LogP contribution is -2.32. The van der Waals surface area contributed by atoms with Gasteiger partial charge in [0.05, 0.1) is 32.6 Å². The molecule has 0 atom stereocenters. The van der Waals surface area contributed by atoms with E-state index < -0.39 is 11.7 Å². The number of halogens is 3. The van der Waals surface area contributed by atoms with Crippen molar-refractivity contribution in [3.8, 4) is 11.3 Å². The minimum Gasteiger partial charge on any atom is -0.322 e. The highest BCUT2D eigenvalue weighted by molar-refractivity contribution is 6.35. The minimum absolute atomic E-state index is 0.00824. The first-order valence-corrected chi connectivity index (χ1v) is 11.9. The van der Waals surface area contributed by atoms with Crippen LogP contribution in [0.5, 0.6) is 0 Å². The summed E-state index contributed by atoms with van der Waals surface area (Å²) in [6.07, 6.45) is 2.39. The van der Waals surface area contributed by atoms with Crippen LogP contribution in [0.2, 0.25) is 10.0 Å². The summed E-state index contributed by atoms with van der Waals surface area (Å²) in [6.45, 7) is 2.26. The van der Waals surface area contributed by atoms with Gasteiger partial charge in [-0.3, -0.25) is 9.59 Å². The van der Waals surface area contributed by atoms with Crippen molar-refractivity contribution in [3.63, 3.8) is 0 Å². The maximum atomic E-state index is 13.7. The number of amides is 2. The topological polar surface area (TPSA) is 75.2 Å². The second kappa shape index (κ2) is 9.68. The van der Waals surface area contributed by atoms with Crippen molar-refractivity contribution in [2.75, 3.05) is 16.8 Å². The molecule has 2 amide bonds. The summed E-state index contributed by atoms with van der Waals surface area (Å²) in [6, 6.07) is 15.8. The van der Waals surface area contributed by atoms with E-state index >= 15 is 0 Å². The quantitative estimate of drug-likeness (QED) is 0.341. The van der Waals surface area contributed by atoms with Crippen LogP contribution in [0, 0.1) is 12.7 Å². The van der Waals surface area contributed by atoms with Crippen LogP contribution in [-0.4, -0.2) is 28.3 Å². The van der Waals surface area contributed by atoms with Crippen molar-refractivity contribution in [3.05, 3.63) is 105 Å². The molecule has 1 N–H and O–H groups in total. The van der Waals surface area contributed by atoms with Crippen LogP contribution in [0.25, 0.3) is 11.3 Å². The van der Waals surface area contributed by atoms with Gasteiger partial charge in [-0.1, -0.05) is 41.4 Å². The van der Waals surface area contributed by atoms with E-state index in [1.165, 1.54) is 12.1 Å². The van der Waals surface area contributed by atoms with Gasteiger partial charge in [-0.2, -0.15) is 0 Å². The molecule has 0 saturated carbocycles. The summed E-state index contributed by atoms with van der Waals surface area (Å²) in [5.41, 5.74) is 4.14. The van der Waals surface area contributed by atoms with Crippen molar-refractivity contribution in [1.29, 1.82) is 0 Å². The lowest BCUT2D eigenvalue weighted by atomic mass is 10.0. The number of para-hydroxylation sites is 1. The zero-order valence-corrected chi connectivity index (χ0v) is 20.6. The third-order valence-corrected chi connectivity index (χ3v) is 6.54. The number of benzene rings is 3. The van der Waals surface area contributed by atoms with Crippen LogP contribution >= 0.6 is 23.2 Å². The van der Waals surface area contributed by atoms with Crippen LogP contribution in [0.3, 0.4) is 0 Å². The minimum atomic E-state index is -0.539. The molecule has 3 aromatic carbocycles. The third-order valence-electron chi connectivity index (χ3n) is 5.92. The molecule has 6 nitrogen and oxygen atoms in total. The fraction of sp³-hybridized carbons (Fsp3) is 0.111. The van der Waals surface area contributed by atoms with Crippen LogP contribution in [0.1, 0.15) is 32.1 Å². The van der Waals surface area contributed by atoms with Crippen molar-refractivity contribution in [1.82, 2.24) is 9.97 Å². The van der Waals surface area contributed by atoms with Crippen molar-refractivity contribution < 1.29 is 14.0 Å². The van der Waals surface area contributed by atoms with Gasteiger partial charge in [-0.25, -0.2) is 14.4 Å². The maximum Gasteiger partial charge on any atom is 0.259 e. The fourth-order valence-electron chi connectivity index (χ4n) is 4.17. The number of hydrogen-bond acceptors (Lipinski definition) is 4. The highest BCUT2D eigenvalue weighted by Gasteiger charge is 2.27. The summed E-state index contributed by atoms with van der Waals surface area (Å²) < 4.78 is 13.3. The normalized spacial score (nSPS) is 12.4. The summed E-state index contributed by atoms with van der Waals surface area (Å²) in [7, 11) is 0. The Labute approximate surface area is 216 Å². The molecule has 1 aromatic heterocycles. The highest BCUT2D eigenvalue weighted by atomic mass is 35.5. The molecule has 0 unspecified atom stereocenters. The number of nitrogens with one attached hydrogen (secondary N) is 1. The van der Waals surface area contributed by atoms with Gasteiger partial charge in [0.15, 0.2) is 0 Å². The Hall–Kier alpha value is -3.81. The predicted octanol–water partition coefficient (Wildman–Crippen LogP) is 6.35. The third kappa shape index (κ3) is 4.55. The Morgan fingerprint density at radius 3 is 2.53 bits per heavy atom. The largest absolute Gasteiger partial charge is 0.322 e. The molecule has 9 heteroatoms. The number of aryl methyl sites for hydroxylation is 1. The van der Waals surface area contributed by atoms with E-state index in [9.17, 15) is 14.0 Å². The van der Waals surface area contributed by atoms with Crippen molar-refractivity contribution >= 4 is 46.4 Å². The Balaban J connectivity index is 1.43. The molecule has 2 heterocycles. The van der Waals surface area contributed by atoms with Crippen LogP contribution in [0.4, 0.5) is 15.8 Å². The average molecular weight is 521 g/mol. The monoisotopic (exact) mass is 520 g/mol. The van der Waals surface area contributed by atoms with Gasteiger partial charge in [0.2, 0.25) is 0 Å². The molecule has 0 spiro atoms. The zero-order valence-electron chi connectivity index (χ0n) is 19.1. The van der Waals surface area contributed by atoms with Gasteiger partial charge in [-0.15, -0.1) is 0 Å². The van der Waals surface area contributed by atoms with Gasteiger partial charge in [0, 0.05) is 24.0 Å². The summed E-state index contributed by atoms with van der Waals surface area (Å²) >= 11 is 12.5. The molecule has 5 rings (SSSR count). The molecule has 1 aliphatic heterocycles. The number of carbonyl (C=O) groups is 2. The van der Waals surface area contributed by atoms with Gasteiger partial charge in [0.25, 0.3) is 11.8 Å². The second-order valence-electron chi connectivity index (χ2n) is 8.29. The van der Waals surface area contributed by atoms with E-state index in [0.717, 1.165) is 34.6 Å². The van der Waals surface area contributed by atoms with E-state index in [4.69, 9.17) is 23.2 Å². The molecule has 36 heavy (non-hydrogen) atoms. The van der Waals surface area contributed by atoms with Gasteiger partial charge in [-0.05, 0) is 61.4 Å². The van der Waals surface area contributed by atoms with E-state index in [2.05, 4.69) is 15.3 Å². The molecule has 0 radical (unpaired) electrons. The molecule has 0 fully saturated rings. The smallest absolute Gasteiger partial charge is 0.259 e. The maximum absolute atomic E-state index is 13.7. The highest BCUT2D eigenvalue weighted by Crippen LogP contribution is 2.36. The van der Waals surface area contributed by atoms with Gasteiger partial charge < -0.3 is 10.2 Å². The molecule has 1 aliphatic rings. The Morgan fingerprint density at radius 2 is 1.75 bits per heavy atom. The first-order chi connectivity index (χ1) is 17.3. The molecule has 0 aliphatic carbocycles. The number of fused-ring (bicyclic) bond motifs is 3. The standard InChI is InChI=1S/C27H19Cl2FN4O2/c1-15-31-14-16-10-11-34(24-5-3-2-4-21(24)25(16)32-15)27(36)20-9-7-18(13-23(20)29)33-26(35)19-8-6-17(30)12-22(19)28/h2-9,12-14H,10-11H2,1H3,(H,33,35). The molecule has 0 saturated heterocycles. The zero-order chi connectivity index (χ0) is 25.4. The Kier molecular flexibility index (Phi) is 6.43. The number of anilines is 2. The summed E-state index contributed by atoms with van der Waals surface area (Å²) in [5.74, 6) is -0.677. The average Bonchev–Trinajstić information content (AvgIpc) is 3.00. The first-order valence-electron chi connectivity index (χ1n) is 11.1. The lowest BCUT2D eigenvalue weighted by molar-refractivity contribution is 0.0986. The van der Waals surface area contributed by atoms with Gasteiger partial charge in [0.1, 0.15) is 11.6 Å². The second-order valence-corrected chi connectivity index (χ2v) is 9.10. The predicted molar refractivity (Wildman–Crippen MR) is 138 cm³/mol. The van der Waals surface area contributed by atoms with Crippen molar-refractivity contribution in [2.45, 2.75) is 13.3 Å².